The molecule has 0 radical (unpaired) electrons. The SMILES string of the molecule is C=[SiH]OC(C)C/C=C/C=C/C(O[SiH2]C)C(C)C(=O)NC(C)C(=O)O. The van der Waals surface area contributed by atoms with Crippen LogP contribution >= 0.6 is 0 Å². The summed E-state index contributed by atoms with van der Waals surface area (Å²) in [4.78, 5) is 22.9. The summed E-state index contributed by atoms with van der Waals surface area (Å²) in [5.41, 5.74) is 0. The molecule has 0 aromatic rings. The van der Waals surface area contributed by atoms with Gasteiger partial charge in [0.15, 0.2) is 9.76 Å². The number of nitrogens with one attached hydrogen (secondary N) is 1. The zero-order chi connectivity index (χ0) is 18.5. The summed E-state index contributed by atoms with van der Waals surface area (Å²) in [5, 5.41) is 11.3. The Bertz CT molecular complexity index is 467. The monoisotopic (exact) mass is 371 g/mol. The molecule has 0 aliphatic heterocycles. The van der Waals surface area contributed by atoms with Crippen LogP contribution in [0.3, 0.4) is 0 Å². The summed E-state index contributed by atoms with van der Waals surface area (Å²) >= 11 is 0. The standard InChI is InChI=1S/C16H29NO5Si2/c1-11(21-23-4)9-7-6-8-10-14(22-24-5)12(2)15(18)17-13(3)16(19)20/h6-8,10-14,23H,4,9,24H2,1-3,5H3,(H,17,18)(H,19,20)/b7-6+,10-8+. The predicted molar refractivity (Wildman–Crippen MR) is 101 cm³/mol. The number of allylic oxidation sites excluding steroid dienone is 2. The van der Waals surface area contributed by atoms with Crippen molar-refractivity contribution in [1.29, 1.82) is 0 Å². The molecule has 1 amide bonds. The maximum Gasteiger partial charge on any atom is 0.325 e. The molecule has 2 N–H and O–H groups in total. The molecule has 0 saturated heterocycles. The van der Waals surface area contributed by atoms with Crippen LogP contribution in [0.25, 0.3) is 0 Å². The van der Waals surface area contributed by atoms with Crippen molar-refractivity contribution in [2.45, 2.75) is 52.0 Å². The number of carboxylic acid groups (broad SMARTS) is 1. The Morgan fingerprint density at radius 3 is 2.54 bits per heavy atom. The first-order chi connectivity index (χ1) is 11.3. The van der Waals surface area contributed by atoms with Gasteiger partial charge >= 0.3 is 5.97 Å². The predicted octanol–water partition coefficient (Wildman–Crippen LogP) is 0.420. The fraction of sp³-hybridized carbons (Fsp3) is 0.562. The quantitative estimate of drug-likeness (QED) is 0.384. The highest BCUT2D eigenvalue weighted by molar-refractivity contribution is 6.33. The number of carbonyl (C=O) groups excluding carboxylic acids is 1. The van der Waals surface area contributed by atoms with Crippen molar-refractivity contribution in [2.75, 3.05) is 0 Å². The minimum absolute atomic E-state index is 0.152. The third-order valence-electron chi connectivity index (χ3n) is 3.34. The minimum atomic E-state index is -1.06. The van der Waals surface area contributed by atoms with Crippen molar-refractivity contribution in [3.05, 3.63) is 24.3 Å². The van der Waals surface area contributed by atoms with Gasteiger partial charge in [-0.05, 0) is 13.8 Å². The van der Waals surface area contributed by atoms with E-state index >= 15 is 0 Å². The van der Waals surface area contributed by atoms with Crippen LogP contribution in [0.1, 0.15) is 27.2 Å². The van der Waals surface area contributed by atoms with Crippen LogP contribution < -0.4 is 5.32 Å². The summed E-state index contributed by atoms with van der Waals surface area (Å²) < 4.78 is 11.1. The van der Waals surface area contributed by atoms with Gasteiger partial charge in [0.1, 0.15) is 6.04 Å². The molecule has 0 aliphatic rings. The van der Waals surface area contributed by atoms with Crippen molar-refractivity contribution in [3.63, 3.8) is 0 Å². The Labute approximate surface area is 148 Å². The van der Waals surface area contributed by atoms with E-state index in [9.17, 15) is 9.59 Å². The molecule has 136 valence electrons. The lowest BCUT2D eigenvalue weighted by molar-refractivity contribution is -0.142. The molecule has 0 spiro atoms. The number of carboxylic acids is 1. The Hall–Kier alpha value is -1.52. The van der Waals surface area contributed by atoms with Gasteiger partial charge in [-0.25, -0.2) is 0 Å². The van der Waals surface area contributed by atoms with Gasteiger partial charge in [-0.15, -0.1) is 0 Å². The Kier molecular flexibility index (Phi) is 12.0. The van der Waals surface area contributed by atoms with E-state index in [1.165, 1.54) is 6.92 Å². The molecule has 0 aromatic carbocycles. The number of aliphatic carboxylic acids is 1. The summed E-state index contributed by atoms with van der Waals surface area (Å²) in [6, 6.07) is -0.917. The molecule has 0 aromatic heterocycles. The lowest BCUT2D eigenvalue weighted by atomic mass is 10.0. The van der Waals surface area contributed by atoms with Crippen LogP contribution in [0.2, 0.25) is 6.55 Å². The Balaban J connectivity index is 4.63. The molecule has 24 heavy (non-hydrogen) atoms. The molecule has 0 heterocycles. The van der Waals surface area contributed by atoms with Crippen LogP contribution in [0.5, 0.6) is 0 Å². The van der Waals surface area contributed by atoms with Crippen molar-refractivity contribution >= 4 is 37.2 Å². The smallest absolute Gasteiger partial charge is 0.325 e. The second-order valence-corrected chi connectivity index (χ2v) is 6.96. The van der Waals surface area contributed by atoms with E-state index in [0.717, 1.165) is 6.42 Å². The fourth-order valence-corrected chi connectivity index (χ4v) is 3.08. The van der Waals surface area contributed by atoms with Crippen LogP contribution in [-0.2, 0) is 18.4 Å². The van der Waals surface area contributed by atoms with Gasteiger partial charge in [0.05, 0.1) is 18.1 Å². The van der Waals surface area contributed by atoms with Crippen LogP contribution in [0.15, 0.2) is 24.3 Å². The van der Waals surface area contributed by atoms with E-state index in [2.05, 4.69) is 11.5 Å². The Morgan fingerprint density at radius 2 is 2.00 bits per heavy atom. The lowest BCUT2D eigenvalue weighted by Crippen LogP contribution is -2.44. The highest BCUT2D eigenvalue weighted by Crippen LogP contribution is 2.10. The van der Waals surface area contributed by atoms with E-state index in [1.807, 2.05) is 37.8 Å². The van der Waals surface area contributed by atoms with Crippen molar-refractivity contribution in [1.82, 2.24) is 5.32 Å². The lowest BCUT2D eigenvalue weighted by Gasteiger charge is -2.22. The molecule has 6 nitrogen and oxygen atoms in total. The molecule has 0 fully saturated rings. The number of amides is 1. The molecule has 4 unspecified atom stereocenters. The van der Waals surface area contributed by atoms with Gasteiger partial charge in [-0.3, -0.25) is 9.59 Å². The average Bonchev–Trinajstić information content (AvgIpc) is 2.52. The van der Waals surface area contributed by atoms with Crippen LogP contribution in [0, 0.1) is 5.92 Å². The third kappa shape index (κ3) is 9.58. The second-order valence-electron chi connectivity index (χ2n) is 5.44. The first kappa shape index (κ1) is 22.5. The van der Waals surface area contributed by atoms with Gasteiger partial charge in [0, 0.05) is 6.42 Å². The van der Waals surface area contributed by atoms with E-state index in [-0.39, 0.29) is 27.5 Å². The van der Waals surface area contributed by atoms with Gasteiger partial charge < -0.3 is 19.3 Å². The second kappa shape index (κ2) is 12.9. The molecule has 0 rings (SSSR count). The van der Waals surface area contributed by atoms with Gasteiger partial charge in [0.25, 0.3) is 0 Å². The first-order valence-corrected chi connectivity index (χ1v) is 11.4. The van der Waals surface area contributed by atoms with E-state index in [1.54, 1.807) is 6.92 Å². The summed E-state index contributed by atoms with van der Waals surface area (Å²) in [6.45, 7) is 7.16. The van der Waals surface area contributed by atoms with Crippen molar-refractivity contribution in [3.8, 4) is 0 Å². The topological polar surface area (TPSA) is 84.9 Å². The number of hydrogen-bond donors (Lipinski definition) is 2. The van der Waals surface area contributed by atoms with Crippen molar-refractivity contribution < 1.29 is 23.5 Å². The zero-order valence-electron chi connectivity index (χ0n) is 14.9. The highest BCUT2D eigenvalue weighted by Gasteiger charge is 2.24. The normalized spacial score (nSPS) is 17.0. The van der Waals surface area contributed by atoms with Crippen molar-refractivity contribution in [2.24, 2.45) is 5.92 Å². The van der Waals surface area contributed by atoms with E-state index in [4.69, 9.17) is 14.0 Å². The summed E-state index contributed by atoms with van der Waals surface area (Å²) in [6.07, 6.45) is 11.9. The fourth-order valence-electron chi connectivity index (χ4n) is 1.86. The molecule has 0 aliphatic carbocycles. The molecular weight excluding hydrogens is 342 g/mol. The number of carbonyl (C=O) groups is 2. The van der Waals surface area contributed by atoms with E-state index in [0.29, 0.717) is 0 Å². The maximum atomic E-state index is 12.1. The third-order valence-corrected chi connectivity index (χ3v) is 4.71. The molecular formula is C16H29NO5Si2. The molecule has 4 atom stereocenters. The van der Waals surface area contributed by atoms with Gasteiger partial charge in [0.2, 0.25) is 15.3 Å². The Morgan fingerprint density at radius 1 is 1.33 bits per heavy atom. The number of rotatable bonds is 12. The van der Waals surface area contributed by atoms with Gasteiger partial charge in [-0.1, -0.05) is 43.9 Å². The molecule has 8 heteroatoms. The highest BCUT2D eigenvalue weighted by atomic mass is 28.2. The van der Waals surface area contributed by atoms with Gasteiger partial charge in [-0.2, -0.15) is 0 Å². The minimum Gasteiger partial charge on any atom is -0.551 e. The average molecular weight is 372 g/mol. The molecule has 0 saturated carbocycles. The summed E-state index contributed by atoms with van der Waals surface area (Å²) in [7, 11) is -0.906. The van der Waals surface area contributed by atoms with Crippen LogP contribution in [-0.4, -0.2) is 60.5 Å². The maximum absolute atomic E-state index is 12.1. The summed E-state index contributed by atoms with van der Waals surface area (Å²) in [5.74, 6) is -1.84. The molecule has 0 bridgehead atoms. The largest absolute Gasteiger partial charge is 0.551 e. The first-order valence-electron chi connectivity index (χ1n) is 8.07. The van der Waals surface area contributed by atoms with E-state index < -0.39 is 27.7 Å². The zero-order valence-corrected chi connectivity index (χ0v) is 17.5. The number of hydrogen-bond acceptors (Lipinski definition) is 4. The van der Waals surface area contributed by atoms with Crippen LogP contribution in [0.4, 0.5) is 0 Å².